The maximum absolute atomic E-state index is 12.3. The van der Waals surface area contributed by atoms with E-state index in [1.807, 2.05) is 42.8 Å². The number of methoxy groups -OCH3 is 1. The smallest absolute Gasteiger partial charge is 0.339 e. The van der Waals surface area contributed by atoms with Crippen molar-refractivity contribution in [3.8, 4) is 11.4 Å². The number of hydrogen-bond acceptors (Lipinski definition) is 6. The minimum absolute atomic E-state index is 0.134. The molecule has 0 bridgehead atoms. The van der Waals surface area contributed by atoms with Crippen molar-refractivity contribution in [2.45, 2.75) is 12.1 Å². The molecule has 0 aliphatic heterocycles. The van der Waals surface area contributed by atoms with Gasteiger partial charge in [0.2, 0.25) is 5.91 Å². The Bertz CT molecular complexity index is 1020. The highest BCUT2D eigenvalue weighted by atomic mass is 32.2. The molecule has 0 radical (unpaired) electrons. The summed E-state index contributed by atoms with van der Waals surface area (Å²) in [4.78, 5) is 24.2. The highest BCUT2D eigenvalue weighted by molar-refractivity contribution is 7.99. The van der Waals surface area contributed by atoms with Crippen LogP contribution in [0.4, 0.5) is 5.69 Å². The minimum atomic E-state index is -0.500. The highest BCUT2D eigenvalue weighted by Crippen LogP contribution is 2.25. The summed E-state index contributed by atoms with van der Waals surface area (Å²) in [6.45, 7) is 2.02. The predicted molar refractivity (Wildman–Crippen MR) is 108 cm³/mol. The largest absolute Gasteiger partial charge is 0.465 e. The first-order valence-corrected chi connectivity index (χ1v) is 9.55. The van der Waals surface area contributed by atoms with Gasteiger partial charge >= 0.3 is 5.97 Å². The topological polar surface area (TPSA) is 86.1 Å². The van der Waals surface area contributed by atoms with Crippen LogP contribution in [-0.4, -0.2) is 39.5 Å². The number of carbonyl (C=O) groups is 2. The number of nitrogens with one attached hydrogen (secondary N) is 1. The maximum atomic E-state index is 12.3. The van der Waals surface area contributed by atoms with Crippen LogP contribution in [0, 0.1) is 6.92 Å². The Hall–Kier alpha value is -3.13. The average Bonchev–Trinajstić information content (AvgIpc) is 3.07. The van der Waals surface area contributed by atoms with Gasteiger partial charge in [-0.1, -0.05) is 48.2 Å². The van der Waals surface area contributed by atoms with Gasteiger partial charge < -0.3 is 14.6 Å². The standard InChI is InChI=1S/C20H20N4O3S/c1-13-8-4-5-9-14(13)18-22-23-20(24(18)2)28-12-17(25)21-16-11-7-6-10-15(16)19(26)27-3/h4-11H,12H2,1-3H3,(H,21,25). The molecule has 0 saturated carbocycles. The van der Waals surface area contributed by atoms with Crippen LogP contribution >= 0.6 is 11.8 Å². The van der Waals surface area contributed by atoms with E-state index in [2.05, 4.69) is 15.5 Å². The average molecular weight is 396 g/mol. The fraction of sp³-hybridized carbons (Fsp3) is 0.200. The maximum Gasteiger partial charge on any atom is 0.339 e. The number of nitrogens with zero attached hydrogens (tertiary/aromatic N) is 3. The van der Waals surface area contributed by atoms with Gasteiger partial charge in [-0.3, -0.25) is 4.79 Å². The molecule has 3 aromatic rings. The molecule has 0 atom stereocenters. The van der Waals surface area contributed by atoms with Gasteiger partial charge in [0.05, 0.1) is 24.1 Å². The van der Waals surface area contributed by atoms with Crippen molar-refractivity contribution in [2.24, 2.45) is 7.05 Å². The number of amides is 1. The van der Waals surface area contributed by atoms with Gasteiger partial charge in [-0.15, -0.1) is 10.2 Å². The highest BCUT2D eigenvalue weighted by Gasteiger charge is 2.16. The van der Waals surface area contributed by atoms with E-state index in [0.717, 1.165) is 17.0 Å². The first-order valence-electron chi connectivity index (χ1n) is 8.56. The number of thioether (sulfide) groups is 1. The van der Waals surface area contributed by atoms with Crippen LogP contribution < -0.4 is 5.32 Å². The molecular weight excluding hydrogens is 376 g/mol. The zero-order chi connectivity index (χ0) is 20.1. The summed E-state index contributed by atoms with van der Waals surface area (Å²) in [5.41, 5.74) is 2.83. The van der Waals surface area contributed by atoms with Gasteiger partial charge in [-0.2, -0.15) is 0 Å². The summed E-state index contributed by atoms with van der Waals surface area (Å²) in [7, 11) is 3.17. The number of carbonyl (C=O) groups excluding carboxylic acids is 2. The third-order valence-corrected chi connectivity index (χ3v) is 5.18. The third-order valence-electron chi connectivity index (χ3n) is 4.16. The Morgan fingerprint density at radius 3 is 2.57 bits per heavy atom. The van der Waals surface area contributed by atoms with Gasteiger partial charge in [-0.05, 0) is 24.6 Å². The molecule has 3 rings (SSSR count). The molecule has 144 valence electrons. The van der Waals surface area contributed by atoms with Crippen LogP contribution in [0.2, 0.25) is 0 Å². The summed E-state index contributed by atoms with van der Waals surface area (Å²) in [5.74, 6) is 0.133. The van der Waals surface area contributed by atoms with Crippen molar-refractivity contribution >= 4 is 29.3 Å². The first kappa shape index (κ1) is 19.6. The molecule has 1 N–H and O–H groups in total. The monoisotopic (exact) mass is 396 g/mol. The number of esters is 1. The van der Waals surface area contributed by atoms with Gasteiger partial charge in [0.15, 0.2) is 11.0 Å². The number of para-hydroxylation sites is 1. The molecule has 0 unspecified atom stereocenters. The van der Waals surface area contributed by atoms with Crippen LogP contribution in [0.1, 0.15) is 15.9 Å². The quantitative estimate of drug-likeness (QED) is 0.508. The van der Waals surface area contributed by atoms with E-state index >= 15 is 0 Å². The lowest BCUT2D eigenvalue weighted by atomic mass is 10.1. The Morgan fingerprint density at radius 1 is 1.11 bits per heavy atom. The fourth-order valence-corrected chi connectivity index (χ4v) is 3.41. The molecule has 7 nitrogen and oxygen atoms in total. The summed E-state index contributed by atoms with van der Waals surface area (Å²) < 4.78 is 6.60. The number of anilines is 1. The van der Waals surface area contributed by atoms with Crippen molar-refractivity contribution in [1.82, 2.24) is 14.8 Å². The zero-order valence-corrected chi connectivity index (χ0v) is 16.6. The zero-order valence-electron chi connectivity index (χ0n) is 15.8. The lowest BCUT2D eigenvalue weighted by Crippen LogP contribution is -2.17. The van der Waals surface area contributed by atoms with E-state index in [-0.39, 0.29) is 11.7 Å². The van der Waals surface area contributed by atoms with E-state index in [9.17, 15) is 9.59 Å². The Morgan fingerprint density at radius 2 is 1.82 bits per heavy atom. The second-order valence-corrected chi connectivity index (χ2v) is 7.00. The summed E-state index contributed by atoms with van der Waals surface area (Å²) in [6.07, 6.45) is 0. The van der Waals surface area contributed by atoms with Crippen molar-refractivity contribution < 1.29 is 14.3 Å². The van der Waals surface area contributed by atoms with Crippen molar-refractivity contribution in [3.63, 3.8) is 0 Å². The van der Waals surface area contributed by atoms with Gasteiger partial charge in [0.1, 0.15) is 0 Å². The second kappa shape index (κ2) is 8.71. The van der Waals surface area contributed by atoms with Gasteiger partial charge in [0.25, 0.3) is 0 Å². The summed E-state index contributed by atoms with van der Waals surface area (Å²) in [6, 6.07) is 14.7. The van der Waals surface area contributed by atoms with Gasteiger partial charge in [-0.25, -0.2) is 4.79 Å². The number of aromatic nitrogens is 3. The van der Waals surface area contributed by atoms with Gasteiger partial charge in [0, 0.05) is 12.6 Å². The van der Waals surface area contributed by atoms with Crippen LogP contribution in [0.5, 0.6) is 0 Å². The lowest BCUT2D eigenvalue weighted by Gasteiger charge is -2.09. The molecule has 0 aliphatic rings. The second-order valence-electron chi connectivity index (χ2n) is 6.05. The Kier molecular flexibility index (Phi) is 6.10. The minimum Gasteiger partial charge on any atom is -0.465 e. The van der Waals surface area contributed by atoms with E-state index < -0.39 is 5.97 Å². The SMILES string of the molecule is COC(=O)c1ccccc1NC(=O)CSc1nnc(-c2ccccc2C)n1C. The lowest BCUT2D eigenvalue weighted by molar-refractivity contribution is -0.113. The van der Waals surface area contributed by atoms with Crippen LogP contribution in [0.15, 0.2) is 53.7 Å². The van der Waals surface area contributed by atoms with Crippen molar-refractivity contribution in [2.75, 3.05) is 18.2 Å². The Labute approximate surface area is 167 Å². The molecule has 0 fully saturated rings. The third kappa shape index (κ3) is 4.23. The van der Waals surface area contributed by atoms with E-state index in [1.165, 1.54) is 18.9 Å². The predicted octanol–water partition coefficient (Wildman–Crippen LogP) is 3.31. The molecule has 0 spiro atoms. The molecule has 1 aromatic heterocycles. The summed E-state index contributed by atoms with van der Waals surface area (Å²) >= 11 is 1.28. The molecule has 8 heteroatoms. The van der Waals surface area contributed by atoms with Crippen LogP contribution in [0.25, 0.3) is 11.4 Å². The van der Waals surface area contributed by atoms with E-state index in [0.29, 0.717) is 16.4 Å². The molecule has 1 amide bonds. The number of benzene rings is 2. The van der Waals surface area contributed by atoms with E-state index in [4.69, 9.17) is 4.74 Å². The normalized spacial score (nSPS) is 10.5. The number of rotatable bonds is 6. The first-order chi connectivity index (χ1) is 13.5. The van der Waals surface area contributed by atoms with Crippen LogP contribution in [-0.2, 0) is 16.6 Å². The summed E-state index contributed by atoms with van der Waals surface area (Å²) in [5, 5.41) is 11.8. The Balaban J connectivity index is 1.68. The number of hydrogen-bond donors (Lipinski definition) is 1. The molecule has 2 aromatic carbocycles. The molecule has 28 heavy (non-hydrogen) atoms. The molecule has 0 aliphatic carbocycles. The van der Waals surface area contributed by atoms with Crippen molar-refractivity contribution in [1.29, 1.82) is 0 Å². The molecule has 0 saturated heterocycles. The molecule has 1 heterocycles. The molecular formula is C20H20N4O3S. The fourth-order valence-electron chi connectivity index (χ4n) is 2.70. The van der Waals surface area contributed by atoms with Crippen LogP contribution in [0.3, 0.4) is 0 Å². The van der Waals surface area contributed by atoms with E-state index in [1.54, 1.807) is 24.3 Å². The van der Waals surface area contributed by atoms with Crippen molar-refractivity contribution in [3.05, 3.63) is 59.7 Å². The number of aryl methyl sites for hydroxylation is 1. The number of ether oxygens (including phenoxy) is 1.